The van der Waals surface area contributed by atoms with Crippen LogP contribution in [0.1, 0.15) is 33.2 Å². The van der Waals surface area contributed by atoms with E-state index in [2.05, 4.69) is 5.32 Å². The van der Waals surface area contributed by atoms with Crippen LogP contribution in [-0.4, -0.2) is 35.1 Å². The maximum absolute atomic E-state index is 13.8. The van der Waals surface area contributed by atoms with Crippen LogP contribution in [-0.2, 0) is 16.5 Å². The van der Waals surface area contributed by atoms with Gasteiger partial charge in [0.1, 0.15) is 5.54 Å². The van der Waals surface area contributed by atoms with Crippen molar-refractivity contribution in [3.63, 3.8) is 0 Å². The number of fused-ring (bicyclic) bond motifs is 2. The number of anilines is 1. The number of halogens is 3. The molecular weight excluding hydrogens is 467 g/mol. The number of amides is 1. The Balaban J connectivity index is 1.75. The SMILES string of the molecule is CN1CC(c2cccc([N+](=O)[O-])c2)C(C(=O)c2ccco2)C12C(=O)Nc1c(C(F)(F)F)cccc12. The van der Waals surface area contributed by atoms with Gasteiger partial charge in [0.25, 0.3) is 5.69 Å². The minimum Gasteiger partial charge on any atom is -0.461 e. The molecule has 8 nitrogen and oxygen atoms in total. The largest absolute Gasteiger partial charge is 0.461 e. The minimum atomic E-state index is -4.73. The highest BCUT2D eigenvalue weighted by Crippen LogP contribution is 2.57. The van der Waals surface area contributed by atoms with E-state index >= 15 is 0 Å². The van der Waals surface area contributed by atoms with E-state index in [9.17, 15) is 32.9 Å². The number of nitrogens with one attached hydrogen (secondary N) is 1. The van der Waals surface area contributed by atoms with Gasteiger partial charge in [0, 0.05) is 30.2 Å². The summed E-state index contributed by atoms with van der Waals surface area (Å²) >= 11 is 0. The first kappa shape index (κ1) is 22.8. The fraction of sp³-hybridized carbons (Fsp3) is 0.250. The summed E-state index contributed by atoms with van der Waals surface area (Å²) in [7, 11) is 1.55. The highest BCUT2D eigenvalue weighted by Gasteiger charge is 2.65. The lowest BCUT2D eigenvalue weighted by Crippen LogP contribution is -2.51. The summed E-state index contributed by atoms with van der Waals surface area (Å²) in [4.78, 5) is 39.7. The number of non-ortho nitro benzene ring substituents is 1. The predicted octanol–water partition coefficient (Wildman–Crippen LogP) is 4.58. The van der Waals surface area contributed by atoms with Crippen molar-refractivity contribution in [2.45, 2.75) is 17.6 Å². The Kier molecular flexibility index (Phi) is 5.06. The van der Waals surface area contributed by atoms with Crippen molar-refractivity contribution in [2.75, 3.05) is 18.9 Å². The molecule has 0 radical (unpaired) electrons. The molecule has 1 saturated heterocycles. The van der Waals surface area contributed by atoms with Gasteiger partial charge in [0.05, 0.1) is 28.4 Å². The number of likely N-dealkylation sites (N-methyl/N-ethyl adjacent to an activating group) is 1. The lowest BCUT2D eigenvalue weighted by molar-refractivity contribution is -0.384. The number of para-hydroxylation sites is 1. The van der Waals surface area contributed by atoms with Gasteiger partial charge < -0.3 is 9.73 Å². The molecule has 3 atom stereocenters. The summed E-state index contributed by atoms with van der Waals surface area (Å²) in [5.74, 6) is -3.39. The molecule has 11 heteroatoms. The zero-order valence-electron chi connectivity index (χ0n) is 18.2. The van der Waals surface area contributed by atoms with Gasteiger partial charge in [-0.3, -0.25) is 24.6 Å². The molecule has 0 bridgehead atoms. The molecule has 2 aliphatic rings. The Hall–Kier alpha value is -3.99. The first-order chi connectivity index (χ1) is 16.6. The van der Waals surface area contributed by atoms with E-state index < -0.39 is 51.4 Å². The van der Waals surface area contributed by atoms with Crippen molar-refractivity contribution in [1.29, 1.82) is 0 Å². The minimum absolute atomic E-state index is 0.0256. The first-order valence-corrected chi connectivity index (χ1v) is 10.6. The summed E-state index contributed by atoms with van der Waals surface area (Å²) in [6.07, 6.45) is -3.45. The number of nitrogens with zero attached hydrogens (tertiary/aromatic N) is 2. The molecule has 180 valence electrons. The van der Waals surface area contributed by atoms with Crippen molar-refractivity contribution in [3.8, 4) is 0 Å². The molecule has 3 heterocycles. The lowest BCUT2D eigenvalue weighted by atomic mass is 9.71. The number of hydrogen-bond donors (Lipinski definition) is 1. The smallest absolute Gasteiger partial charge is 0.418 e. The maximum Gasteiger partial charge on any atom is 0.418 e. The van der Waals surface area contributed by atoms with Gasteiger partial charge in [-0.15, -0.1) is 0 Å². The average Bonchev–Trinajstić information content (AvgIpc) is 3.51. The number of likely N-dealkylation sites (tertiary alicyclic amines) is 1. The number of rotatable bonds is 4. The normalized spacial score (nSPS) is 23.9. The fourth-order valence-corrected chi connectivity index (χ4v) is 5.44. The number of ketones is 1. The van der Waals surface area contributed by atoms with E-state index in [0.29, 0.717) is 5.56 Å². The molecule has 5 rings (SSSR count). The molecular formula is C24H18F3N3O5. The fourth-order valence-electron chi connectivity index (χ4n) is 5.44. The van der Waals surface area contributed by atoms with Crippen molar-refractivity contribution in [2.24, 2.45) is 5.92 Å². The zero-order valence-corrected chi connectivity index (χ0v) is 18.2. The van der Waals surface area contributed by atoms with Gasteiger partial charge in [-0.25, -0.2) is 0 Å². The van der Waals surface area contributed by atoms with Crippen LogP contribution < -0.4 is 5.32 Å². The van der Waals surface area contributed by atoms with Crippen molar-refractivity contribution >= 4 is 23.1 Å². The Labute approximate surface area is 196 Å². The van der Waals surface area contributed by atoms with Crippen LogP contribution in [0, 0.1) is 16.0 Å². The van der Waals surface area contributed by atoms with Crippen molar-refractivity contribution in [1.82, 2.24) is 4.90 Å². The van der Waals surface area contributed by atoms with E-state index in [1.165, 1.54) is 48.7 Å². The molecule has 0 saturated carbocycles. The highest BCUT2D eigenvalue weighted by atomic mass is 19.4. The predicted molar refractivity (Wildman–Crippen MR) is 117 cm³/mol. The third-order valence-electron chi connectivity index (χ3n) is 6.85. The van der Waals surface area contributed by atoms with Crippen molar-refractivity contribution < 1.29 is 32.1 Å². The van der Waals surface area contributed by atoms with Gasteiger partial charge in [-0.2, -0.15) is 13.2 Å². The zero-order chi connectivity index (χ0) is 25.1. The molecule has 3 aromatic rings. The topological polar surface area (TPSA) is 106 Å². The standard InChI is InChI=1S/C24H18F3N3O5/c1-29-12-15(13-5-2-6-14(11-13)30(33)34)19(21(31)18-9-4-10-35-18)23(29)16-7-3-8-17(24(25,26)27)20(16)28-22(23)32/h2-11,15,19H,12H2,1H3,(H,28,32). The Bertz CT molecular complexity index is 1350. The number of carbonyl (C=O) groups excluding carboxylic acids is 2. The molecule has 1 amide bonds. The Morgan fingerprint density at radius 2 is 1.94 bits per heavy atom. The quantitative estimate of drug-likeness (QED) is 0.329. The number of nitro groups is 1. The second-order valence-corrected chi connectivity index (χ2v) is 8.60. The third-order valence-corrected chi connectivity index (χ3v) is 6.85. The Morgan fingerprint density at radius 3 is 2.60 bits per heavy atom. The molecule has 1 fully saturated rings. The summed E-state index contributed by atoms with van der Waals surface area (Å²) in [6.45, 7) is 0.0847. The molecule has 2 aliphatic heterocycles. The number of benzene rings is 2. The van der Waals surface area contributed by atoms with Crippen LogP contribution in [0.4, 0.5) is 24.5 Å². The van der Waals surface area contributed by atoms with E-state index in [0.717, 1.165) is 6.07 Å². The van der Waals surface area contributed by atoms with Gasteiger partial charge in [-0.1, -0.05) is 24.3 Å². The number of hydrogen-bond acceptors (Lipinski definition) is 6. The van der Waals surface area contributed by atoms with Gasteiger partial charge in [-0.05, 0) is 30.8 Å². The van der Waals surface area contributed by atoms with Crippen LogP contribution in [0.15, 0.2) is 65.3 Å². The summed E-state index contributed by atoms with van der Waals surface area (Å²) in [5, 5.41) is 13.7. The monoisotopic (exact) mass is 485 g/mol. The van der Waals surface area contributed by atoms with E-state index in [1.807, 2.05) is 0 Å². The molecule has 1 aromatic heterocycles. The van der Waals surface area contributed by atoms with Crippen LogP contribution in [0.3, 0.4) is 0 Å². The van der Waals surface area contributed by atoms with E-state index in [-0.39, 0.29) is 23.6 Å². The number of nitro benzene ring substituents is 1. The summed E-state index contributed by atoms with van der Waals surface area (Å²) in [6, 6.07) is 12.1. The molecule has 2 aromatic carbocycles. The number of Topliss-reactive ketones (excluding diaryl/α,β-unsaturated/α-hetero) is 1. The third kappa shape index (κ3) is 3.26. The van der Waals surface area contributed by atoms with Crippen molar-refractivity contribution in [3.05, 3.63) is 93.4 Å². The molecule has 3 unspecified atom stereocenters. The van der Waals surface area contributed by atoms with Crippen LogP contribution in [0.2, 0.25) is 0 Å². The van der Waals surface area contributed by atoms with Gasteiger partial charge in [0.15, 0.2) is 5.76 Å². The average molecular weight is 485 g/mol. The second-order valence-electron chi connectivity index (χ2n) is 8.60. The van der Waals surface area contributed by atoms with Crippen LogP contribution in [0.25, 0.3) is 0 Å². The Morgan fingerprint density at radius 1 is 1.20 bits per heavy atom. The maximum atomic E-state index is 13.8. The number of furan rings is 1. The van der Waals surface area contributed by atoms with E-state index in [1.54, 1.807) is 18.0 Å². The summed E-state index contributed by atoms with van der Waals surface area (Å²) < 4.78 is 46.6. The summed E-state index contributed by atoms with van der Waals surface area (Å²) in [5.41, 5.74) is -2.95. The molecule has 35 heavy (non-hydrogen) atoms. The molecule has 0 aliphatic carbocycles. The van der Waals surface area contributed by atoms with Gasteiger partial charge >= 0.3 is 6.18 Å². The first-order valence-electron chi connectivity index (χ1n) is 10.6. The number of alkyl halides is 3. The van der Waals surface area contributed by atoms with Crippen LogP contribution >= 0.6 is 0 Å². The molecule has 1 spiro atoms. The second kappa shape index (κ2) is 7.77. The molecule has 1 N–H and O–H groups in total. The van der Waals surface area contributed by atoms with E-state index in [4.69, 9.17) is 4.42 Å². The van der Waals surface area contributed by atoms with Crippen LogP contribution in [0.5, 0.6) is 0 Å². The number of carbonyl (C=O) groups is 2. The highest BCUT2D eigenvalue weighted by molar-refractivity contribution is 6.12. The van der Waals surface area contributed by atoms with Gasteiger partial charge in [0.2, 0.25) is 11.7 Å². The lowest BCUT2D eigenvalue weighted by Gasteiger charge is -2.35.